The van der Waals surface area contributed by atoms with Crippen molar-refractivity contribution in [3.8, 4) is 5.75 Å². The van der Waals surface area contributed by atoms with E-state index >= 15 is 0 Å². The molecule has 0 amide bonds. The Hall–Kier alpha value is -1.34. The van der Waals surface area contributed by atoms with Crippen LogP contribution in [-0.4, -0.2) is 22.0 Å². The molecule has 20 heavy (non-hydrogen) atoms. The molecule has 1 aromatic heterocycles. The average molecular weight is 357 g/mol. The molecule has 2 N–H and O–H groups in total. The Morgan fingerprint density at radius 2 is 2.30 bits per heavy atom. The molecule has 0 spiro atoms. The van der Waals surface area contributed by atoms with Gasteiger partial charge >= 0.3 is 0 Å². The molecule has 1 heterocycles. The highest BCUT2D eigenvalue weighted by Gasteiger charge is 2.06. The van der Waals surface area contributed by atoms with Crippen LogP contribution in [0.15, 0.2) is 22.7 Å². The van der Waals surface area contributed by atoms with Crippen LogP contribution < -0.4 is 10.2 Å². The van der Waals surface area contributed by atoms with Gasteiger partial charge in [0.2, 0.25) is 4.77 Å². The van der Waals surface area contributed by atoms with Crippen LogP contribution in [0.1, 0.15) is 24.7 Å². The van der Waals surface area contributed by atoms with Gasteiger partial charge in [0.25, 0.3) is 0 Å². The lowest BCUT2D eigenvalue weighted by Gasteiger charge is -2.11. The van der Waals surface area contributed by atoms with Crippen LogP contribution in [0, 0.1) is 4.77 Å². The minimum absolute atomic E-state index is 0.584. The minimum atomic E-state index is 0.584. The second-order valence-electron chi connectivity index (χ2n) is 4.33. The first-order valence-electron chi connectivity index (χ1n) is 6.38. The molecule has 0 aliphatic rings. The summed E-state index contributed by atoms with van der Waals surface area (Å²) in [5, 5.41) is 7.03. The van der Waals surface area contributed by atoms with Crippen LogP contribution >= 0.6 is 28.1 Å². The van der Waals surface area contributed by atoms with E-state index in [9.17, 15) is 0 Å². The Labute approximate surface area is 131 Å². The Morgan fingerprint density at radius 1 is 1.50 bits per heavy atom. The molecule has 0 radical (unpaired) electrons. The van der Waals surface area contributed by atoms with Crippen molar-refractivity contribution in [3.05, 3.63) is 38.8 Å². The van der Waals surface area contributed by atoms with Gasteiger partial charge in [-0.1, -0.05) is 13.0 Å². The second-order valence-corrected chi connectivity index (χ2v) is 5.58. The van der Waals surface area contributed by atoms with Crippen LogP contribution in [0.2, 0.25) is 0 Å². The largest absolute Gasteiger partial charge is 0.496 e. The number of rotatable bonds is 6. The number of ether oxygens (including phenoxy) is 1. The maximum absolute atomic E-state index is 5.22. The molecule has 2 aromatic rings. The summed E-state index contributed by atoms with van der Waals surface area (Å²) in [6.45, 7) is 2.77. The lowest BCUT2D eigenvalue weighted by molar-refractivity contribution is 0.412. The van der Waals surface area contributed by atoms with Gasteiger partial charge in [-0.2, -0.15) is 5.10 Å². The first-order valence-corrected chi connectivity index (χ1v) is 7.58. The third kappa shape index (κ3) is 3.40. The van der Waals surface area contributed by atoms with Gasteiger partial charge in [0, 0.05) is 6.42 Å². The number of hydrogen-bond donors (Lipinski definition) is 2. The number of hydrogen-bond acceptors (Lipinski definition) is 4. The van der Waals surface area contributed by atoms with Crippen molar-refractivity contribution in [2.45, 2.75) is 26.3 Å². The number of aromatic amines is 1. The maximum atomic E-state index is 5.22. The Bertz CT molecular complexity index is 638. The second kappa shape index (κ2) is 6.90. The fourth-order valence-corrected chi connectivity index (χ4v) is 2.68. The van der Waals surface area contributed by atoms with Crippen LogP contribution in [0.25, 0.3) is 0 Å². The SMILES string of the molecule is CCCc1n[nH]c(=S)n1NCc1ccc(OC)c(Br)c1. The molecular formula is C13H17BrN4OS. The van der Waals surface area contributed by atoms with Crippen LogP contribution in [0.5, 0.6) is 5.75 Å². The number of nitrogens with one attached hydrogen (secondary N) is 2. The van der Waals surface area contributed by atoms with Crippen LogP contribution in [0.4, 0.5) is 0 Å². The van der Waals surface area contributed by atoms with E-state index in [1.54, 1.807) is 7.11 Å². The number of aryl methyl sites for hydroxylation is 1. The van der Waals surface area contributed by atoms with E-state index < -0.39 is 0 Å². The van der Waals surface area contributed by atoms with E-state index in [1.165, 1.54) is 0 Å². The number of methoxy groups -OCH3 is 1. The Balaban J connectivity index is 2.11. The average Bonchev–Trinajstić information content (AvgIpc) is 2.78. The zero-order chi connectivity index (χ0) is 14.5. The summed E-state index contributed by atoms with van der Waals surface area (Å²) in [7, 11) is 1.65. The molecule has 7 heteroatoms. The fourth-order valence-electron chi connectivity index (χ4n) is 1.87. The molecule has 0 fully saturated rings. The van der Waals surface area contributed by atoms with E-state index in [0.717, 1.165) is 34.5 Å². The van der Waals surface area contributed by atoms with Crippen molar-refractivity contribution in [2.75, 3.05) is 12.5 Å². The normalized spacial score (nSPS) is 10.6. The van der Waals surface area contributed by atoms with Crippen molar-refractivity contribution in [2.24, 2.45) is 0 Å². The summed E-state index contributed by atoms with van der Waals surface area (Å²) < 4.78 is 8.57. The van der Waals surface area contributed by atoms with E-state index in [-0.39, 0.29) is 0 Å². The zero-order valence-electron chi connectivity index (χ0n) is 11.4. The van der Waals surface area contributed by atoms with Crippen molar-refractivity contribution in [1.29, 1.82) is 0 Å². The fraction of sp³-hybridized carbons (Fsp3) is 0.385. The summed E-state index contributed by atoms with van der Waals surface area (Å²) in [5.41, 5.74) is 4.41. The van der Waals surface area contributed by atoms with Gasteiger partial charge < -0.3 is 10.2 Å². The van der Waals surface area contributed by atoms with Gasteiger partial charge in [-0.25, -0.2) is 4.68 Å². The standard InChI is InChI=1S/C13H17BrN4OS/c1-3-4-12-16-17-13(20)18(12)15-8-9-5-6-11(19-2)10(14)7-9/h5-7,15H,3-4,8H2,1-2H3,(H,17,20). The summed E-state index contributed by atoms with van der Waals surface area (Å²) in [6, 6.07) is 5.97. The number of aromatic nitrogens is 3. The quantitative estimate of drug-likeness (QED) is 0.778. The van der Waals surface area contributed by atoms with E-state index in [1.807, 2.05) is 22.9 Å². The topological polar surface area (TPSA) is 54.9 Å². The monoisotopic (exact) mass is 356 g/mol. The van der Waals surface area contributed by atoms with Crippen molar-refractivity contribution in [1.82, 2.24) is 14.9 Å². The Morgan fingerprint density at radius 3 is 2.95 bits per heavy atom. The van der Waals surface area contributed by atoms with Gasteiger partial charge in [-0.05, 0) is 52.3 Å². The van der Waals surface area contributed by atoms with Gasteiger partial charge in [0.15, 0.2) is 5.82 Å². The molecular weight excluding hydrogens is 340 g/mol. The Kier molecular flexibility index (Phi) is 5.19. The summed E-state index contributed by atoms with van der Waals surface area (Å²) in [5.74, 6) is 1.74. The smallest absolute Gasteiger partial charge is 0.214 e. The molecule has 0 saturated heterocycles. The van der Waals surface area contributed by atoms with Gasteiger partial charge in [-0.3, -0.25) is 5.10 Å². The molecule has 0 aliphatic carbocycles. The summed E-state index contributed by atoms with van der Waals surface area (Å²) in [4.78, 5) is 0. The molecule has 0 atom stereocenters. The van der Waals surface area contributed by atoms with E-state index in [4.69, 9.17) is 17.0 Å². The number of halogens is 1. The molecule has 0 aliphatic heterocycles. The van der Waals surface area contributed by atoms with Crippen LogP contribution in [-0.2, 0) is 13.0 Å². The van der Waals surface area contributed by atoms with Gasteiger partial charge in [0.1, 0.15) is 5.75 Å². The van der Waals surface area contributed by atoms with Gasteiger partial charge in [-0.15, -0.1) is 0 Å². The lowest BCUT2D eigenvalue weighted by Crippen LogP contribution is -2.17. The van der Waals surface area contributed by atoms with Crippen LogP contribution in [0.3, 0.4) is 0 Å². The zero-order valence-corrected chi connectivity index (χ0v) is 13.8. The molecule has 1 aromatic carbocycles. The maximum Gasteiger partial charge on any atom is 0.214 e. The molecule has 0 unspecified atom stereocenters. The summed E-state index contributed by atoms with van der Waals surface area (Å²) in [6.07, 6.45) is 1.90. The predicted molar refractivity (Wildman–Crippen MR) is 85.2 cm³/mol. The highest BCUT2D eigenvalue weighted by atomic mass is 79.9. The highest BCUT2D eigenvalue weighted by Crippen LogP contribution is 2.25. The van der Waals surface area contributed by atoms with Crippen molar-refractivity contribution < 1.29 is 4.74 Å². The minimum Gasteiger partial charge on any atom is -0.496 e. The molecule has 5 nitrogen and oxygen atoms in total. The molecule has 0 bridgehead atoms. The number of benzene rings is 1. The van der Waals surface area contributed by atoms with E-state index in [2.05, 4.69) is 38.5 Å². The third-order valence-corrected chi connectivity index (χ3v) is 3.77. The van der Waals surface area contributed by atoms with E-state index in [0.29, 0.717) is 11.3 Å². The number of nitrogens with zero attached hydrogens (tertiary/aromatic N) is 2. The van der Waals surface area contributed by atoms with Crippen molar-refractivity contribution >= 4 is 28.1 Å². The third-order valence-electron chi connectivity index (χ3n) is 2.87. The molecule has 2 rings (SSSR count). The first kappa shape index (κ1) is 15.1. The predicted octanol–water partition coefficient (Wildman–Crippen LogP) is 3.41. The molecule has 0 saturated carbocycles. The summed E-state index contributed by atoms with van der Waals surface area (Å²) >= 11 is 8.70. The van der Waals surface area contributed by atoms with Crippen molar-refractivity contribution in [3.63, 3.8) is 0 Å². The van der Waals surface area contributed by atoms with Gasteiger partial charge in [0.05, 0.1) is 18.1 Å². The first-order chi connectivity index (χ1) is 9.65. The molecule has 108 valence electrons. The lowest BCUT2D eigenvalue weighted by atomic mass is 10.2. The number of H-pyrrole nitrogens is 1. The highest BCUT2D eigenvalue weighted by molar-refractivity contribution is 9.10.